The molecule has 1 atom stereocenters. The van der Waals surface area contributed by atoms with Gasteiger partial charge in [-0.2, -0.15) is 0 Å². The van der Waals surface area contributed by atoms with Crippen LogP contribution in [0.2, 0.25) is 10.0 Å². The van der Waals surface area contributed by atoms with Gasteiger partial charge < -0.3 is 5.32 Å². The van der Waals surface area contributed by atoms with Crippen LogP contribution in [0.5, 0.6) is 0 Å². The van der Waals surface area contributed by atoms with Gasteiger partial charge in [0, 0.05) is 6.04 Å². The van der Waals surface area contributed by atoms with Gasteiger partial charge in [-0.1, -0.05) is 35.3 Å². The second-order valence-corrected chi connectivity index (χ2v) is 4.55. The van der Waals surface area contributed by atoms with Gasteiger partial charge in [-0.3, -0.25) is 0 Å². The lowest BCUT2D eigenvalue weighted by Gasteiger charge is -2.16. The van der Waals surface area contributed by atoms with Gasteiger partial charge in [0.05, 0.1) is 10.0 Å². The lowest BCUT2D eigenvalue weighted by molar-refractivity contribution is 0.530. The third-order valence-electron chi connectivity index (χ3n) is 2.60. The molecule has 0 aliphatic heterocycles. The third kappa shape index (κ3) is 3.82. The largest absolute Gasteiger partial charge is 0.313 e. The van der Waals surface area contributed by atoms with E-state index in [1.54, 1.807) is 0 Å². The van der Waals surface area contributed by atoms with E-state index >= 15 is 0 Å². The molecule has 0 saturated heterocycles. The van der Waals surface area contributed by atoms with E-state index < -0.39 is 0 Å². The fourth-order valence-corrected chi connectivity index (χ4v) is 1.98. The van der Waals surface area contributed by atoms with E-state index in [0.29, 0.717) is 16.1 Å². The van der Waals surface area contributed by atoms with Crippen molar-refractivity contribution in [3.8, 4) is 0 Å². The first kappa shape index (κ1) is 13.6. The summed E-state index contributed by atoms with van der Waals surface area (Å²) < 4.78 is 0. The van der Waals surface area contributed by atoms with E-state index in [9.17, 15) is 0 Å². The second-order valence-electron chi connectivity index (χ2n) is 3.73. The van der Waals surface area contributed by atoms with Crippen molar-refractivity contribution in [2.75, 3.05) is 7.05 Å². The molecule has 0 aromatic heterocycles. The highest BCUT2D eigenvalue weighted by atomic mass is 35.5. The SMILES string of the molecule is C=CCCCC(NC)c1ccc(Cl)c(Cl)c1. The summed E-state index contributed by atoms with van der Waals surface area (Å²) in [4.78, 5) is 0. The number of halogens is 2. The first-order valence-electron chi connectivity index (χ1n) is 5.42. The summed E-state index contributed by atoms with van der Waals surface area (Å²) in [5.74, 6) is 0. The number of rotatable bonds is 6. The zero-order valence-corrected chi connectivity index (χ0v) is 11.0. The number of benzene rings is 1. The van der Waals surface area contributed by atoms with Crippen LogP contribution in [0.3, 0.4) is 0 Å². The van der Waals surface area contributed by atoms with Crippen molar-refractivity contribution in [2.45, 2.75) is 25.3 Å². The Kier molecular flexibility index (Phi) is 5.89. The van der Waals surface area contributed by atoms with Crippen LogP contribution in [-0.2, 0) is 0 Å². The van der Waals surface area contributed by atoms with Crippen LogP contribution in [0.1, 0.15) is 30.9 Å². The summed E-state index contributed by atoms with van der Waals surface area (Å²) in [5.41, 5.74) is 1.18. The molecule has 0 amide bonds. The highest BCUT2D eigenvalue weighted by molar-refractivity contribution is 6.42. The molecule has 3 heteroatoms. The zero-order valence-electron chi connectivity index (χ0n) is 9.47. The van der Waals surface area contributed by atoms with Crippen LogP contribution in [-0.4, -0.2) is 7.05 Å². The summed E-state index contributed by atoms with van der Waals surface area (Å²) >= 11 is 11.9. The minimum Gasteiger partial charge on any atom is -0.313 e. The van der Waals surface area contributed by atoms with E-state index in [4.69, 9.17) is 23.2 Å². The van der Waals surface area contributed by atoms with Gasteiger partial charge in [-0.25, -0.2) is 0 Å². The monoisotopic (exact) mass is 257 g/mol. The van der Waals surface area contributed by atoms with Gasteiger partial charge in [0.15, 0.2) is 0 Å². The summed E-state index contributed by atoms with van der Waals surface area (Å²) in [6.45, 7) is 3.72. The molecular weight excluding hydrogens is 241 g/mol. The van der Waals surface area contributed by atoms with Crippen molar-refractivity contribution < 1.29 is 0 Å². The van der Waals surface area contributed by atoms with Crippen LogP contribution in [0.25, 0.3) is 0 Å². The Labute approximate surface area is 107 Å². The Hall–Kier alpha value is -0.500. The Bertz CT molecular complexity index is 350. The highest BCUT2D eigenvalue weighted by Crippen LogP contribution is 2.27. The molecule has 0 saturated carbocycles. The average molecular weight is 258 g/mol. The van der Waals surface area contributed by atoms with E-state index in [1.165, 1.54) is 5.56 Å². The average Bonchev–Trinajstić information content (AvgIpc) is 2.29. The maximum absolute atomic E-state index is 6.00. The smallest absolute Gasteiger partial charge is 0.0595 e. The quantitative estimate of drug-likeness (QED) is 0.580. The number of hydrogen-bond donors (Lipinski definition) is 1. The van der Waals surface area contributed by atoms with Gasteiger partial charge >= 0.3 is 0 Å². The van der Waals surface area contributed by atoms with E-state index in [0.717, 1.165) is 19.3 Å². The van der Waals surface area contributed by atoms with Gasteiger partial charge in [-0.15, -0.1) is 6.58 Å². The lowest BCUT2D eigenvalue weighted by atomic mass is 10.0. The summed E-state index contributed by atoms with van der Waals surface area (Å²) in [6.07, 6.45) is 5.18. The van der Waals surface area contributed by atoms with Crippen molar-refractivity contribution in [3.63, 3.8) is 0 Å². The van der Waals surface area contributed by atoms with Crippen LogP contribution >= 0.6 is 23.2 Å². The van der Waals surface area contributed by atoms with Crippen LogP contribution in [0, 0.1) is 0 Å². The number of unbranched alkanes of at least 4 members (excludes halogenated alkanes) is 1. The minimum atomic E-state index is 0.328. The van der Waals surface area contributed by atoms with Crippen molar-refractivity contribution in [1.82, 2.24) is 5.32 Å². The van der Waals surface area contributed by atoms with E-state index in [-0.39, 0.29) is 0 Å². The van der Waals surface area contributed by atoms with Gasteiger partial charge in [0.2, 0.25) is 0 Å². The van der Waals surface area contributed by atoms with Crippen molar-refractivity contribution >= 4 is 23.2 Å². The summed E-state index contributed by atoms with van der Waals surface area (Å²) in [6, 6.07) is 6.12. The molecule has 1 rings (SSSR count). The number of nitrogens with one attached hydrogen (secondary N) is 1. The molecule has 1 unspecified atom stereocenters. The molecule has 0 fully saturated rings. The van der Waals surface area contributed by atoms with Gasteiger partial charge in [0.1, 0.15) is 0 Å². The van der Waals surface area contributed by atoms with E-state index in [2.05, 4.69) is 11.9 Å². The predicted molar refractivity (Wildman–Crippen MR) is 72.3 cm³/mol. The Balaban J connectivity index is 2.70. The number of allylic oxidation sites excluding steroid dienone is 1. The topological polar surface area (TPSA) is 12.0 Å². The van der Waals surface area contributed by atoms with Crippen molar-refractivity contribution in [3.05, 3.63) is 46.5 Å². The molecular formula is C13H17Cl2N. The molecule has 0 aliphatic carbocycles. The van der Waals surface area contributed by atoms with Gasteiger partial charge in [0.25, 0.3) is 0 Å². The maximum atomic E-state index is 6.00. The Morgan fingerprint density at radius 3 is 2.69 bits per heavy atom. The Morgan fingerprint density at radius 1 is 1.38 bits per heavy atom. The molecule has 16 heavy (non-hydrogen) atoms. The lowest BCUT2D eigenvalue weighted by Crippen LogP contribution is -2.16. The first-order chi connectivity index (χ1) is 7.69. The fraction of sp³-hybridized carbons (Fsp3) is 0.385. The summed E-state index contributed by atoms with van der Waals surface area (Å²) in [7, 11) is 1.96. The normalized spacial score (nSPS) is 12.4. The summed E-state index contributed by atoms with van der Waals surface area (Å²) in [5, 5.41) is 4.51. The van der Waals surface area contributed by atoms with E-state index in [1.807, 2.05) is 31.3 Å². The predicted octanol–water partition coefficient (Wildman–Crippen LogP) is 4.61. The molecule has 0 spiro atoms. The van der Waals surface area contributed by atoms with Crippen LogP contribution in [0.4, 0.5) is 0 Å². The standard InChI is InChI=1S/C13H17Cl2N/c1-3-4-5-6-13(16-2)10-7-8-11(14)12(15)9-10/h3,7-9,13,16H,1,4-6H2,2H3. The molecule has 88 valence electrons. The van der Waals surface area contributed by atoms with Crippen molar-refractivity contribution in [1.29, 1.82) is 0 Å². The van der Waals surface area contributed by atoms with Gasteiger partial charge in [-0.05, 0) is 44.0 Å². The fourth-order valence-electron chi connectivity index (χ4n) is 1.67. The van der Waals surface area contributed by atoms with Crippen LogP contribution in [0.15, 0.2) is 30.9 Å². The molecule has 0 aliphatic rings. The highest BCUT2D eigenvalue weighted by Gasteiger charge is 2.09. The molecule has 1 nitrogen and oxygen atoms in total. The maximum Gasteiger partial charge on any atom is 0.0595 e. The third-order valence-corrected chi connectivity index (χ3v) is 3.33. The molecule has 1 N–H and O–H groups in total. The minimum absolute atomic E-state index is 0.328. The number of hydrogen-bond acceptors (Lipinski definition) is 1. The molecule has 0 bridgehead atoms. The van der Waals surface area contributed by atoms with Crippen LogP contribution < -0.4 is 5.32 Å². The second kappa shape index (κ2) is 6.95. The zero-order chi connectivity index (χ0) is 12.0. The molecule has 0 heterocycles. The molecule has 0 radical (unpaired) electrons. The first-order valence-corrected chi connectivity index (χ1v) is 6.17. The van der Waals surface area contributed by atoms with Crippen molar-refractivity contribution in [2.24, 2.45) is 0 Å². The Morgan fingerprint density at radius 2 is 2.12 bits per heavy atom. The molecule has 1 aromatic rings. The molecule has 1 aromatic carbocycles.